The molecule has 1 aromatic carbocycles. The first kappa shape index (κ1) is 7.62. The van der Waals surface area contributed by atoms with Gasteiger partial charge < -0.3 is 10.4 Å². The number of phenols is 1. The van der Waals surface area contributed by atoms with Gasteiger partial charge in [-0.3, -0.25) is 0 Å². The van der Waals surface area contributed by atoms with Crippen molar-refractivity contribution in [2.45, 2.75) is 18.9 Å². The highest BCUT2D eigenvalue weighted by Gasteiger charge is 2.32. The molecule has 0 radical (unpaired) electrons. The molecular formula is C10H13NO. The summed E-state index contributed by atoms with van der Waals surface area (Å²) in [4.78, 5) is 0. The lowest BCUT2D eigenvalue weighted by atomic mass is 9.83. The molecule has 1 atom stereocenters. The first-order valence-electron chi connectivity index (χ1n) is 4.25. The van der Waals surface area contributed by atoms with E-state index in [4.69, 9.17) is 5.11 Å². The van der Waals surface area contributed by atoms with E-state index < -0.39 is 0 Å². The van der Waals surface area contributed by atoms with Crippen molar-refractivity contribution in [3.05, 3.63) is 29.8 Å². The van der Waals surface area contributed by atoms with Crippen molar-refractivity contribution in [2.24, 2.45) is 0 Å². The highest BCUT2D eigenvalue weighted by atomic mass is 16.3. The van der Waals surface area contributed by atoms with Gasteiger partial charge in [-0.2, -0.15) is 0 Å². The van der Waals surface area contributed by atoms with Crippen LogP contribution in [-0.2, 0) is 5.54 Å². The standard InChI is InChI=1S/C10H13NO/c1-10(6-7-11-10)8-2-4-9(12)5-3-8/h2-5,11-12H,6-7H2,1H3. The van der Waals surface area contributed by atoms with Crippen LogP contribution in [0.25, 0.3) is 0 Å². The van der Waals surface area contributed by atoms with Crippen molar-refractivity contribution in [1.29, 1.82) is 0 Å². The topological polar surface area (TPSA) is 32.3 Å². The van der Waals surface area contributed by atoms with E-state index in [9.17, 15) is 0 Å². The van der Waals surface area contributed by atoms with Gasteiger partial charge in [-0.15, -0.1) is 0 Å². The smallest absolute Gasteiger partial charge is 0.115 e. The zero-order valence-electron chi connectivity index (χ0n) is 7.17. The molecule has 1 saturated heterocycles. The Kier molecular flexibility index (Phi) is 1.58. The summed E-state index contributed by atoms with van der Waals surface area (Å²) in [6.45, 7) is 3.28. The zero-order valence-corrected chi connectivity index (χ0v) is 7.17. The molecule has 1 fully saturated rings. The molecule has 64 valence electrons. The largest absolute Gasteiger partial charge is 0.508 e. The Morgan fingerprint density at radius 2 is 1.92 bits per heavy atom. The van der Waals surface area contributed by atoms with Crippen molar-refractivity contribution >= 4 is 0 Å². The first-order chi connectivity index (χ1) is 5.71. The molecule has 0 amide bonds. The molecule has 1 aliphatic rings. The van der Waals surface area contributed by atoms with Gasteiger partial charge in [0.2, 0.25) is 0 Å². The Labute approximate surface area is 72.2 Å². The Balaban J connectivity index is 2.28. The van der Waals surface area contributed by atoms with Crippen LogP contribution in [0.5, 0.6) is 5.75 Å². The molecule has 0 bridgehead atoms. The molecule has 0 spiro atoms. The number of aromatic hydroxyl groups is 1. The van der Waals surface area contributed by atoms with Crippen LogP contribution in [0.4, 0.5) is 0 Å². The minimum absolute atomic E-state index is 0.147. The third-order valence-electron chi connectivity index (χ3n) is 2.64. The number of hydrogen-bond donors (Lipinski definition) is 2. The van der Waals surface area contributed by atoms with Crippen LogP contribution in [0.2, 0.25) is 0 Å². The number of nitrogens with one attached hydrogen (secondary N) is 1. The summed E-state index contributed by atoms with van der Waals surface area (Å²) in [6.07, 6.45) is 1.18. The summed E-state index contributed by atoms with van der Waals surface area (Å²) in [6, 6.07) is 7.42. The summed E-state index contributed by atoms with van der Waals surface area (Å²) in [7, 11) is 0. The van der Waals surface area contributed by atoms with E-state index >= 15 is 0 Å². The molecule has 2 heteroatoms. The first-order valence-corrected chi connectivity index (χ1v) is 4.25. The van der Waals surface area contributed by atoms with Gasteiger partial charge in [-0.05, 0) is 37.6 Å². The van der Waals surface area contributed by atoms with Gasteiger partial charge in [0.05, 0.1) is 0 Å². The quantitative estimate of drug-likeness (QED) is 0.659. The normalized spacial score (nSPS) is 28.1. The number of hydrogen-bond acceptors (Lipinski definition) is 2. The fourth-order valence-corrected chi connectivity index (χ4v) is 1.58. The van der Waals surface area contributed by atoms with E-state index in [-0.39, 0.29) is 5.54 Å². The summed E-state index contributed by atoms with van der Waals surface area (Å²) >= 11 is 0. The van der Waals surface area contributed by atoms with Gasteiger partial charge in [-0.1, -0.05) is 12.1 Å². The third-order valence-corrected chi connectivity index (χ3v) is 2.64. The van der Waals surface area contributed by atoms with E-state index in [2.05, 4.69) is 12.2 Å². The maximum atomic E-state index is 9.09. The van der Waals surface area contributed by atoms with E-state index in [1.165, 1.54) is 12.0 Å². The molecule has 1 aliphatic heterocycles. The second-order valence-electron chi connectivity index (χ2n) is 3.56. The maximum Gasteiger partial charge on any atom is 0.115 e. The van der Waals surface area contributed by atoms with Crippen LogP contribution >= 0.6 is 0 Å². The molecule has 1 unspecified atom stereocenters. The highest BCUT2D eigenvalue weighted by Crippen LogP contribution is 2.30. The fraction of sp³-hybridized carbons (Fsp3) is 0.400. The van der Waals surface area contributed by atoms with Crippen molar-refractivity contribution in [2.75, 3.05) is 6.54 Å². The Morgan fingerprint density at radius 3 is 2.33 bits per heavy atom. The van der Waals surface area contributed by atoms with Crippen LogP contribution in [0.15, 0.2) is 24.3 Å². The fourth-order valence-electron chi connectivity index (χ4n) is 1.58. The van der Waals surface area contributed by atoms with Crippen molar-refractivity contribution < 1.29 is 5.11 Å². The van der Waals surface area contributed by atoms with E-state index in [1.807, 2.05) is 12.1 Å². The molecule has 1 heterocycles. The molecular weight excluding hydrogens is 150 g/mol. The van der Waals surface area contributed by atoms with Gasteiger partial charge in [-0.25, -0.2) is 0 Å². The molecule has 12 heavy (non-hydrogen) atoms. The molecule has 0 saturated carbocycles. The predicted molar refractivity (Wildman–Crippen MR) is 48.1 cm³/mol. The van der Waals surface area contributed by atoms with Gasteiger partial charge in [0.25, 0.3) is 0 Å². The SMILES string of the molecule is CC1(c2ccc(O)cc2)CCN1. The summed E-state index contributed by atoms with van der Waals surface area (Å²) in [5.74, 6) is 0.335. The predicted octanol–water partition coefficient (Wildman–Crippen LogP) is 1.60. The van der Waals surface area contributed by atoms with Gasteiger partial charge >= 0.3 is 0 Å². The van der Waals surface area contributed by atoms with E-state index in [0.29, 0.717) is 5.75 Å². The van der Waals surface area contributed by atoms with E-state index in [1.54, 1.807) is 12.1 Å². The summed E-state index contributed by atoms with van der Waals surface area (Å²) < 4.78 is 0. The molecule has 1 aromatic rings. The van der Waals surface area contributed by atoms with Crippen LogP contribution in [0.1, 0.15) is 18.9 Å². The number of rotatable bonds is 1. The molecule has 0 aliphatic carbocycles. The zero-order chi connectivity index (χ0) is 8.60. The number of phenolic OH excluding ortho intramolecular Hbond substituents is 1. The molecule has 2 rings (SSSR count). The average Bonchev–Trinajstić information content (AvgIpc) is 2.02. The Hall–Kier alpha value is -1.02. The second kappa shape index (κ2) is 2.49. The van der Waals surface area contributed by atoms with Crippen molar-refractivity contribution in [3.8, 4) is 5.75 Å². The Morgan fingerprint density at radius 1 is 1.33 bits per heavy atom. The van der Waals surface area contributed by atoms with Crippen LogP contribution < -0.4 is 5.32 Å². The average molecular weight is 163 g/mol. The van der Waals surface area contributed by atoms with Crippen molar-refractivity contribution in [1.82, 2.24) is 5.32 Å². The van der Waals surface area contributed by atoms with Crippen molar-refractivity contribution in [3.63, 3.8) is 0 Å². The van der Waals surface area contributed by atoms with Gasteiger partial charge in [0.15, 0.2) is 0 Å². The van der Waals surface area contributed by atoms with Crippen LogP contribution in [-0.4, -0.2) is 11.7 Å². The maximum absolute atomic E-state index is 9.09. The second-order valence-corrected chi connectivity index (χ2v) is 3.56. The summed E-state index contributed by atoms with van der Waals surface area (Å²) in [5, 5.41) is 12.5. The lowest BCUT2D eigenvalue weighted by Crippen LogP contribution is -2.51. The summed E-state index contributed by atoms with van der Waals surface area (Å²) in [5.41, 5.74) is 1.40. The lowest BCUT2D eigenvalue weighted by molar-refractivity contribution is 0.236. The van der Waals surface area contributed by atoms with Crippen LogP contribution in [0.3, 0.4) is 0 Å². The Bertz CT molecular complexity index is 274. The van der Waals surface area contributed by atoms with Crippen LogP contribution in [0, 0.1) is 0 Å². The van der Waals surface area contributed by atoms with Gasteiger partial charge in [0.1, 0.15) is 5.75 Å². The van der Waals surface area contributed by atoms with E-state index in [0.717, 1.165) is 6.54 Å². The monoisotopic (exact) mass is 163 g/mol. The number of benzene rings is 1. The van der Waals surface area contributed by atoms with Gasteiger partial charge in [0, 0.05) is 5.54 Å². The third kappa shape index (κ3) is 1.08. The molecule has 2 N–H and O–H groups in total. The lowest BCUT2D eigenvalue weighted by Gasteiger charge is -2.40. The molecule has 0 aromatic heterocycles. The minimum Gasteiger partial charge on any atom is -0.508 e. The molecule has 2 nitrogen and oxygen atoms in total. The minimum atomic E-state index is 0.147. The highest BCUT2D eigenvalue weighted by molar-refractivity contribution is 5.31.